The van der Waals surface area contributed by atoms with Crippen LogP contribution in [0, 0.1) is 5.41 Å². The molecular formula is C12H19N3. The second-order valence-electron chi connectivity index (χ2n) is 5.33. The molecule has 0 radical (unpaired) electrons. The van der Waals surface area contributed by atoms with Gasteiger partial charge in [-0.2, -0.15) is 0 Å². The van der Waals surface area contributed by atoms with E-state index in [1.807, 2.05) is 6.33 Å². The summed E-state index contributed by atoms with van der Waals surface area (Å²) in [4.78, 5) is 4.50. The van der Waals surface area contributed by atoms with E-state index < -0.39 is 0 Å². The summed E-state index contributed by atoms with van der Waals surface area (Å²) < 4.78 is 2.20. The molecule has 3 rings (SSSR count). The minimum absolute atomic E-state index is 0.475. The molecule has 0 amide bonds. The number of rotatable bonds is 1. The van der Waals surface area contributed by atoms with E-state index in [1.54, 1.807) is 0 Å². The summed E-state index contributed by atoms with van der Waals surface area (Å²) in [5.41, 5.74) is 3.22. The number of imidazole rings is 1. The Morgan fingerprint density at radius 2 is 2.33 bits per heavy atom. The molecule has 1 aromatic heterocycles. The molecule has 0 saturated heterocycles. The van der Waals surface area contributed by atoms with Crippen molar-refractivity contribution in [2.24, 2.45) is 12.5 Å². The van der Waals surface area contributed by atoms with E-state index in [-0.39, 0.29) is 0 Å². The van der Waals surface area contributed by atoms with Crippen LogP contribution >= 0.6 is 0 Å². The van der Waals surface area contributed by atoms with Crippen LogP contribution in [-0.2, 0) is 13.5 Å². The Balaban J connectivity index is 2.01. The van der Waals surface area contributed by atoms with Crippen LogP contribution in [0.25, 0.3) is 0 Å². The number of aromatic nitrogens is 2. The van der Waals surface area contributed by atoms with Crippen molar-refractivity contribution in [3.63, 3.8) is 0 Å². The Labute approximate surface area is 90.9 Å². The van der Waals surface area contributed by atoms with Crippen LogP contribution in [0.15, 0.2) is 6.33 Å². The third-order valence-electron chi connectivity index (χ3n) is 4.24. The van der Waals surface area contributed by atoms with Crippen molar-refractivity contribution >= 4 is 0 Å². The van der Waals surface area contributed by atoms with E-state index in [0.717, 1.165) is 13.0 Å². The predicted octanol–water partition coefficient (Wildman–Crippen LogP) is 1.80. The maximum atomic E-state index is 4.50. The molecule has 82 valence electrons. The van der Waals surface area contributed by atoms with Crippen molar-refractivity contribution in [3.05, 3.63) is 17.7 Å². The van der Waals surface area contributed by atoms with E-state index in [4.69, 9.17) is 0 Å². The quantitative estimate of drug-likeness (QED) is 0.757. The molecule has 1 aliphatic heterocycles. The SMILES string of the molecule is Cn1cnc2c1C(C1(C)CCC1)NCC2. The summed E-state index contributed by atoms with van der Waals surface area (Å²) in [6, 6.07) is 0.530. The van der Waals surface area contributed by atoms with Gasteiger partial charge in [0, 0.05) is 20.0 Å². The van der Waals surface area contributed by atoms with Crippen LogP contribution in [0.1, 0.15) is 43.6 Å². The number of hydrogen-bond acceptors (Lipinski definition) is 2. The molecule has 0 bridgehead atoms. The van der Waals surface area contributed by atoms with Gasteiger partial charge in [-0.3, -0.25) is 0 Å². The van der Waals surface area contributed by atoms with Crippen molar-refractivity contribution in [1.29, 1.82) is 0 Å². The van der Waals surface area contributed by atoms with Gasteiger partial charge in [0.05, 0.1) is 23.8 Å². The monoisotopic (exact) mass is 205 g/mol. The van der Waals surface area contributed by atoms with E-state index >= 15 is 0 Å². The molecular weight excluding hydrogens is 186 g/mol. The molecule has 15 heavy (non-hydrogen) atoms. The van der Waals surface area contributed by atoms with Gasteiger partial charge < -0.3 is 9.88 Å². The topological polar surface area (TPSA) is 29.9 Å². The predicted molar refractivity (Wildman–Crippen MR) is 59.6 cm³/mol. The van der Waals surface area contributed by atoms with Crippen LogP contribution in [-0.4, -0.2) is 16.1 Å². The number of aryl methyl sites for hydroxylation is 1. The van der Waals surface area contributed by atoms with Crippen molar-refractivity contribution in [2.75, 3.05) is 6.54 Å². The molecule has 1 aliphatic carbocycles. The third-order valence-corrected chi connectivity index (χ3v) is 4.24. The maximum absolute atomic E-state index is 4.50. The lowest BCUT2D eigenvalue weighted by molar-refractivity contribution is 0.0890. The van der Waals surface area contributed by atoms with E-state index in [9.17, 15) is 0 Å². The fraction of sp³-hybridized carbons (Fsp3) is 0.750. The first-order valence-electron chi connectivity index (χ1n) is 5.94. The Bertz CT molecular complexity index is 376. The van der Waals surface area contributed by atoms with Crippen LogP contribution in [0.5, 0.6) is 0 Å². The van der Waals surface area contributed by atoms with E-state index in [0.29, 0.717) is 11.5 Å². The highest BCUT2D eigenvalue weighted by atomic mass is 15.1. The maximum Gasteiger partial charge on any atom is 0.0949 e. The van der Waals surface area contributed by atoms with Gasteiger partial charge in [0.25, 0.3) is 0 Å². The van der Waals surface area contributed by atoms with E-state index in [2.05, 4.69) is 28.8 Å². The van der Waals surface area contributed by atoms with Crippen LogP contribution in [0.3, 0.4) is 0 Å². The highest BCUT2D eigenvalue weighted by molar-refractivity contribution is 5.24. The van der Waals surface area contributed by atoms with Crippen LogP contribution in [0.2, 0.25) is 0 Å². The molecule has 1 N–H and O–H groups in total. The zero-order valence-corrected chi connectivity index (χ0v) is 9.58. The number of hydrogen-bond donors (Lipinski definition) is 1. The van der Waals surface area contributed by atoms with Gasteiger partial charge in [-0.05, 0) is 18.3 Å². The second-order valence-corrected chi connectivity index (χ2v) is 5.33. The van der Waals surface area contributed by atoms with Gasteiger partial charge in [-0.15, -0.1) is 0 Å². The summed E-state index contributed by atoms with van der Waals surface area (Å²) >= 11 is 0. The summed E-state index contributed by atoms with van der Waals surface area (Å²) in [6.07, 6.45) is 7.15. The smallest absolute Gasteiger partial charge is 0.0949 e. The second kappa shape index (κ2) is 3.08. The number of fused-ring (bicyclic) bond motifs is 1. The molecule has 3 nitrogen and oxygen atoms in total. The molecule has 2 heterocycles. The van der Waals surface area contributed by atoms with Crippen molar-refractivity contribution < 1.29 is 0 Å². The average Bonchev–Trinajstić information content (AvgIpc) is 2.57. The minimum atomic E-state index is 0.475. The molecule has 1 aromatic rings. The Kier molecular flexibility index (Phi) is 1.93. The number of nitrogens with zero attached hydrogens (tertiary/aromatic N) is 2. The van der Waals surface area contributed by atoms with Gasteiger partial charge in [0.15, 0.2) is 0 Å². The van der Waals surface area contributed by atoms with Crippen molar-refractivity contribution in [2.45, 2.75) is 38.6 Å². The summed E-state index contributed by atoms with van der Waals surface area (Å²) in [5.74, 6) is 0. The normalized spacial score (nSPS) is 28.3. The van der Waals surface area contributed by atoms with Gasteiger partial charge in [0.2, 0.25) is 0 Å². The Morgan fingerprint density at radius 1 is 1.53 bits per heavy atom. The molecule has 1 saturated carbocycles. The van der Waals surface area contributed by atoms with Gasteiger partial charge in [0.1, 0.15) is 0 Å². The van der Waals surface area contributed by atoms with Crippen LogP contribution < -0.4 is 5.32 Å². The van der Waals surface area contributed by atoms with Gasteiger partial charge in [-0.25, -0.2) is 4.98 Å². The summed E-state index contributed by atoms with van der Waals surface area (Å²) in [6.45, 7) is 3.50. The van der Waals surface area contributed by atoms with E-state index in [1.165, 1.54) is 30.7 Å². The molecule has 0 aromatic carbocycles. The molecule has 0 spiro atoms. The lowest BCUT2D eigenvalue weighted by Crippen LogP contribution is -2.45. The Hall–Kier alpha value is -0.830. The molecule has 1 fully saturated rings. The van der Waals surface area contributed by atoms with Gasteiger partial charge >= 0.3 is 0 Å². The largest absolute Gasteiger partial charge is 0.336 e. The first kappa shape index (κ1) is 9.40. The summed E-state index contributed by atoms with van der Waals surface area (Å²) in [7, 11) is 2.12. The standard InChI is InChI=1S/C12H19N3/c1-12(5-3-6-12)11-10-9(4-7-13-11)14-8-15(10)2/h8,11,13H,3-7H2,1-2H3. The molecule has 1 unspecified atom stereocenters. The fourth-order valence-corrected chi connectivity index (χ4v) is 3.08. The summed E-state index contributed by atoms with van der Waals surface area (Å²) in [5, 5.41) is 3.68. The molecule has 1 atom stereocenters. The first-order valence-corrected chi connectivity index (χ1v) is 5.94. The average molecular weight is 205 g/mol. The minimum Gasteiger partial charge on any atom is -0.336 e. The Morgan fingerprint density at radius 3 is 3.00 bits per heavy atom. The fourth-order valence-electron chi connectivity index (χ4n) is 3.08. The zero-order valence-electron chi connectivity index (χ0n) is 9.58. The zero-order chi connectivity index (χ0) is 10.5. The highest BCUT2D eigenvalue weighted by Gasteiger charge is 2.43. The van der Waals surface area contributed by atoms with Gasteiger partial charge in [-0.1, -0.05) is 13.3 Å². The lowest BCUT2D eigenvalue weighted by Gasteiger charge is -2.47. The van der Waals surface area contributed by atoms with Crippen molar-refractivity contribution in [1.82, 2.24) is 14.9 Å². The van der Waals surface area contributed by atoms with Crippen LogP contribution in [0.4, 0.5) is 0 Å². The highest BCUT2D eigenvalue weighted by Crippen LogP contribution is 2.50. The lowest BCUT2D eigenvalue weighted by atomic mass is 9.64. The first-order chi connectivity index (χ1) is 7.21. The third kappa shape index (κ3) is 1.26. The molecule has 2 aliphatic rings. The number of nitrogens with one attached hydrogen (secondary N) is 1. The molecule has 3 heteroatoms. The van der Waals surface area contributed by atoms with Crippen molar-refractivity contribution in [3.8, 4) is 0 Å².